The number of hydrogen-bond donors (Lipinski definition) is 1. The van der Waals surface area contributed by atoms with E-state index in [0.29, 0.717) is 17.1 Å². The van der Waals surface area contributed by atoms with Crippen molar-refractivity contribution < 1.29 is 14.3 Å². The highest BCUT2D eigenvalue weighted by atomic mass is 35.5. The molecule has 2 aromatic carbocycles. The van der Waals surface area contributed by atoms with Crippen molar-refractivity contribution in [1.29, 1.82) is 0 Å². The number of benzene rings is 2. The zero-order chi connectivity index (χ0) is 17.6. The molecule has 3 rings (SSSR count). The minimum Gasteiger partial charge on any atom is -0.431 e. The van der Waals surface area contributed by atoms with Gasteiger partial charge in [0.15, 0.2) is 0 Å². The molecule has 1 heterocycles. The Hall–Kier alpha value is -2.37. The van der Waals surface area contributed by atoms with E-state index in [1.54, 1.807) is 24.3 Å². The topological polar surface area (TPSA) is 58.6 Å². The predicted molar refractivity (Wildman–Crippen MR) is 95.4 cm³/mol. The Balaban J connectivity index is 1.47. The second-order valence-corrected chi connectivity index (χ2v) is 6.23. The molecule has 0 aromatic heterocycles. The van der Waals surface area contributed by atoms with Crippen molar-refractivity contribution in [2.45, 2.75) is 12.5 Å². The number of halogens is 1. The lowest BCUT2D eigenvalue weighted by Gasteiger charge is -2.12. The number of carbonyl (C=O) groups is 2. The fraction of sp³-hybridized carbons (Fsp3) is 0.263. The smallest absolute Gasteiger partial charge is 0.417 e. The summed E-state index contributed by atoms with van der Waals surface area (Å²) in [6.07, 6.45) is -0.587. The van der Waals surface area contributed by atoms with E-state index in [0.717, 1.165) is 17.9 Å². The molecule has 1 fully saturated rings. The number of nitrogens with one attached hydrogen (secondary N) is 1. The maximum atomic E-state index is 12.4. The van der Waals surface area contributed by atoms with Crippen LogP contribution in [-0.4, -0.2) is 36.5 Å². The molecule has 1 unspecified atom stereocenters. The van der Waals surface area contributed by atoms with Gasteiger partial charge in [0.2, 0.25) is 6.10 Å². The van der Waals surface area contributed by atoms with E-state index in [2.05, 4.69) is 17.4 Å². The van der Waals surface area contributed by atoms with Gasteiger partial charge in [-0.1, -0.05) is 54.1 Å². The highest BCUT2D eigenvalue weighted by molar-refractivity contribution is 6.30. The zero-order valence-corrected chi connectivity index (χ0v) is 14.4. The molecule has 5 nitrogen and oxygen atoms in total. The molecule has 0 radical (unpaired) electrons. The minimum atomic E-state index is -0.880. The van der Waals surface area contributed by atoms with Gasteiger partial charge in [-0.05, 0) is 30.7 Å². The van der Waals surface area contributed by atoms with Crippen molar-refractivity contribution in [2.24, 2.45) is 0 Å². The number of hydrogen-bond acceptors (Lipinski definition) is 4. The SMILES string of the molecule is O=C1OC(c2ccc(Cl)cc2)C(=O)N1CCNCCc1ccccc1. The number of carbonyl (C=O) groups excluding carboxylic acids is 2. The lowest BCUT2D eigenvalue weighted by Crippen LogP contribution is -2.36. The second-order valence-electron chi connectivity index (χ2n) is 5.79. The van der Waals surface area contributed by atoms with Gasteiger partial charge in [0.25, 0.3) is 5.91 Å². The van der Waals surface area contributed by atoms with E-state index in [1.807, 2.05) is 18.2 Å². The van der Waals surface area contributed by atoms with Crippen LogP contribution in [0.2, 0.25) is 5.02 Å². The van der Waals surface area contributed by atoms with Gasteiger partial charge in [-0.15, -0.1) is 0 Å². The van der Waals surface area contributed by atoms with Crippen molar-refractivity contribution in [2.75, 3.05) is 19.6 Å². The summed E-state index contributed by atoms with van der Waals surface area (Å²) in [5, 5.41) is 3.81. The van der Waals surface area contributed by atoms with Gasteiger partial charge in [0.1, 0.15) is 0 Å². The second kappa shape index (κ2) is 8.14. The van der Waals surface area contributed by atoms with E-state index in [9.17, 15) is 9.59 Å². The fourth-order valence-corrected chi connectivity index (χ4v) is 2.82. The van der Waals surface area contributed by atoms with Gasteiger partial charge in [-0.25, -0.2) is 9.69 Å². The van der Waals surface area contributed by atoms with Crippen molar-refractivity contribution in [3.05, 3.63) is 70.7 Å². The summed E-state index contributed by atoms with van der Waals surface area (Å²) in [6.45, 7) is 1.60. The maximum absolute atomic E-state index is 12.4. The molecule has 6 heteroatoms. The number of imide groups is 1. The van der Waals surface area contributed by atoms with Crippen LogP contribution >= 0.6 is 11.6 Å². The lowest BCUT2D eigenvalue weighted by molar-refractivity contribution is -0.129. The number of amides is 2. The molecule has 2 amide bonds. The normalized spacial score (nSPS) is 17.0. The summed E-state index contributed by atoms with van der Waals surface area (Å²) in [6, 6.07) is 16.9. The molecule has 130 valence electrons. The Bertz CT molecular complexity index is 734. The monoisotopic (exact) mass is 358 g/mol. The van der Waals surface area contributed by atoms with E-state index in [-0.39, 0.29) is 12.5 Å². The summed E-state index contributed by atoms with van der Waals surface area (Å²) in [5.41, 5.74) is 1.87. The zero-order valence-electron chi connectivity index (χ0n) is 13.7. The quantitative estimate of drug-likeness (QED) is 0.772. The standard InChI is InChI=1S/C19H19ClN2O3/c20-16-8-6-15(7-9-16)17-18(23)22(19(24)25-17)13-12-21-11-10-14-4-2-1-3-5-14/h1-9,17,21H,10-13H2. The fourth-order valence-electron chi connectivity index (χ4n) is 2.69. The van der Waals surface area contributed by atoms with Gasteiger partial charge < -0.3 is 10.1 Å². The lowest BCUT2D eigenvalue weighted by atomic mass is 10.1. The predicted octanol–water partition coefficient (Wildman–Crippen LogP) is 3.19. The number of rotatable bonds is 7. The first kappa shape index (κ1) is 17.5. The summed E-state index contributed by atoms with van der Waals surface area (Å²) in [7, 11) is 0. The van der Waals surface area contributed by atoms with Crippen molar-refractivity contribution in [3.8, 4) is 0 Å². The Morgan fingerprint density at radius 3 is 2.44 bits per heavy atom. The molecule has 1 aliphatic heterocycles. The molecular weight excluding hydrogens is 340 g/mol. The van der Waals surface area contributed by atoms with Gasteiger partial charge in [0, 0.05) is 23.7 Å². The summed E-state index contributed by atoms with van der Waals surface area (Å²) < 4.78 is 5.21. The van der Waals surface area contributed by atoms with Crippen molar-refractivity contribution >= 4 is 23.6 Å². The van der Waals surface area contributed by atoms with Crippen LogP contribution in [-0.2, 0) is 16.0 Å². The molecular formula is C19H19ClN2O3. The average molecular weight is 359 g/mol. The third-order valence-electron chi connectivity index (χ3n) is 4.05. The molecule has 0 aliphatic carbocycles. The average Bonchev–Trinajstić information content (AvgIpc) is 2.91. The Morgan fingerprint density at radius 2 is 1.72 bits per heavy atom. The molecule has 0 bridgehead atoms. The van der Waals surface area contributed by atoms with E-state index in [1.165, 1.54) is 5.56 Å². The molecule has 1 N–H and O–H groups in total. The first-order valence-electron chi connectivity index (χ1n) is 8.17. The van der Waals surface area contributed by atoms with Crippen LogP contribution in [0.15, 0.2) is 54.6 Å². The third kappa shape index (κ3) is 4.38. The maximum Gasteiger partial charge on any atom is 0.417 e. The van der Waals surface area contributed by atoms with Gasteiger partial charge in [0.05, 0.1) is 0 Å². The number of nitrogens with zero attached hydrogens (tertiary/aromatic N) is 1. The molecule has 1 aliphatic rings. The Kier molecular flexibility index (Phi) is 5.68. The highest BCUT2D eigenvalue weighted by Crippen LogP contribution is 2.28. The largest absolute Gasteiger partial charge is 0.431 e. The van der Waals surface area contributed by atoms with Crippen LogP contribution in [0.1, 0.15) is 17.2 Å². The first-order chi connectivity index (χ1) is 12.1. The van der Waals surface area contributed by atoms with Crippen LogP contribution in [0.4, 0.5) is 4.79 Å². The van der Waals surface area contributed by atoms with Crippen molar-refractivity contribution in [1.82, 2.24) is 10.2 Å². The van der Waals surface area contributed by atoms with Gasteiger partial charge >= 0.3 is 6.09 Å². The van der Waals surface area contributed by atoms with E-state index in [4.69, 9.17) is 16.3 Å². The molecule has 25 heavy (non-hydrogen) atoms. The Labute approximate surface area is 151 Å². The molecule has 2 aromatic rings. The van der Waals surface area contributed by atoms with Crippen LogP contribution in [0.5, 0.6) is 0 Å². The van der Waals surface area contributed by atoms with Crippen molar-refractivity contribution in [3.63, 3.8) is 0 Å². The number of cyclic esters (lactones) is 1. The third-order valence-corrected chi connectivity index (χ3v) is 4.30. The first-order valence-corrected chi connectivity index (χ1v) is 8.55. The summed E-state index contributed by atoms with van der Waals surface area (Å²) >= 11 is 5.84. The summed E-state index contributed by atoms with van der Waals surface area (Å²) in [5.74, 6) is -0.336. The van der Waals surface area contributed by atoms with Gasteiger partial charge in [-0.2, -0.15) is 0 Å². The van der Waals surface area contributed by atoms with Crippen LogP contribution in [0, 0.1) is 0 Å². The molecule has 0 spiro atoms. The molecule has 1 atom stereocenters. The highest BCUT2D eigenvalue weighted by Gasteiger charge is 2.41. The summed E-state index contributed by atoms with van der Waals surface area (Å²) in [4.78, 5) is 25.5. The van der Waals surface area contributed by atoms with Crippen LogP contribution in [0.25, 0.3) is 0 Å². The Morgan fingerprint density at radius 1 is 1.00 bits per heavy atom. The minimum absolute atomic E-state index is 0.288. The van der Waals surface area contributed by atoms with Crippen LogP contribution in [0.3, 0.4) is 0 Å². The van der Waals surface area contributed by atoms with Gasteiger partial charge in [-0.3, -0.25) is 4.79 Å². The van der Waals surface area contributed by atoms with Crippen LogP contribution < -0.4 is 5.32 Å². The van der Waals surface area contributed by atoms with E-state index >= 15 is 0 Å². The number of ether oxygens (including phenoxy) is 1. The van der Waals surface area contributed by atoms with E-state index < -0.39 is 12.2 Å². The molecule has 1 saturated heterocycles. The molecule has 0 saturated carbocycles.